The van der Waals surface area contributed by atoms with Crippen molar-refractivity contribution in [2.75, 3.05) is 32.1 Å². The Morgan fingerprint density at radius 3 is 2.31 bits per heavy atom. The van der Waals surface area contributed by atoms with Gasteiger partial charge >= 0.3 is 0 Å². The van der Waals surface area contributed by atoms with Gasteiger partial charge in [-0.1, -0.05) is 6.07 Å². The number of nitrogens with zero attached hydrogens (tertiary/aromatic N) is 3. The molecule has 12 heteroatoms. The lowest BCUT2D eigenvalue weighted by atomic mass is 9.43. The molecule has 0 radical (unpaired) electrons. The van der Waals surface area contributed by atoms with Crippen LogP contribution in [0.2, 0.25) is 0 Å². The number of benzene rings is 1. The number of primary amides is 1. The Morgan fingerprint density at radius 1 is 1.10 bits per heavy atom. The third-order valence-electron chi connectivity index (χ3n) is 9.14. The van der Waals surface area contributed by atoms with E-state index in [0.717, 1.165) is 19.3 Å². The van der Waals surface area contributed by atoms with Crippen molar-refractivity contribution in [2.24, 2.45) is 34.5 Å². The maximum absolute atomic E-state index is 14.3. The molecule has 39 heavy (non-hydrogen) atoms. The summed E-state index contributed by atoms with van der Waals surface area (Å²) in [5, 5.41) is 21.7. The lowest BCUT2D eigenvalue weighted by molar-refractivity contribution is -0.166. The van der Waals surface area contributed by atoms with E-state index in [1.165, 1.54) is 19.0 Å². The van der Waals surface area contributed by atoms with Gasteiger partial charge in [0.1, 0.15) is 11.7 Å². The summed E-state index contributed by atoms with van der Waals surface area (Å²) in [4.78, 5) is 71.1. The summed E-state index contributed by atoms with van der Waals surface area (Å²) in [6, 6.07) is 3.69. The van der Waals surface area contributed by atoms with Crippen molar-refractivity contribution in [2.45, 2.75) is 49.2 Å². The molecule has 1 saturated heterocycles. The minimum Gasteiger partial charge on any atom is -0.505 e. The topological polar surface area (TPSA) is 214 Å². The Morgan fingerprint density at radius 2 is 1.74 bits per heavy atom. The monoisotopic (exact) mass is 536 g/mol. The lowest BCUT2D eigenvalue weighted by Crippen LogP contribution is -2.85. The minimum absolute atomic E-state index is 0.0689. The van der Waals surface area contributed by atoms with Crippen LogP contribution in [-0.4, -0.2) is 83.4 Å². The van der Waals surface area contributed by atoms with Crippen molar-refractivity contribution in [3.05, 3.63) is 23.3 Å². The van der Waals surface area contributed by atoms with Gasteiger partial charge in [0.05, 0.1) is 28.9 Å². The fourth-order valence-electron chi connectivity index (χ4n) is 7.57. The first-order valence-corrected chi connectivity index (χ1v) is 13.0. The van der Waals surface area contributed by atoms with Crippen molar-refractivity contribution < 1.29 is 29.1 Å². The highest BCUT2D eigenvalue weighted by Gasteiger charge is 2.78. The second-order valence-electron chi connectivity index (χ2n) is 11.6. The van der Waals surface area contributed by atoms with Crippen LogP contribution in [0.1, 0.15) is 41.6 Å². The summed E-state index contributed by atoms with van der Waals surface area (Å²) in [7, 11) is 2.93. The van der Waals surface area contributed by atoms with Gasteiger partial charge in [-0.25, -0.2) is 0 Å². The average Bonchev–Trinajstić information content (AvgIpc) is 2.83. The first kappa shape index (κ1) is 26.9. The number of piperidine rings is 1. The van der Waals surface area contributed by atoms with Crippen LogP contribution in [0, 0.1) is 28.6 Å². The van der Waals surface area contributed by atoms with Crippen LogP contribution in [0.5, 0.6) is 5.75 Å². The van der Waals surface area contributed by atoms with Crippen LogP contribution in [0.25, 0.3) is 0 Å². The highest BCUT2D eigenvalue weighted by Crippen LogP contribution is 2.56. The summed E-state index contributed by atoms with van der Waals surface area (Å²) in [6.45, 7) is 1.39. The van der Waals surface area contributed by atoms with E-state index in [1.807, 2.05) is 4.90 Å². The SMILES string of the molecule is CN(C)[C@@H]1C(=O)C(C(N)=O)C(=O)[C@@]2(C#N)C(=O)C3C(=O)c4c(ccc(N5CCCCC5)c4O)C[C@@]3(N)C[C@@]12N. The maximum atomic E-state index is 14.3. The Labute approximate surface area is 225 Å². The molecule has 1 aromatic carbocycles. The Balaban J connectivity index is 1.70. The number of amides is 1. The quantitative estimate of drug-likeness (QED) is 0.337. The number of nitrogens with two attached hydrogens (primary N) is 3. The number of nitriles is 1. The predicted octanol–water partition coefficient (Wildman–Crippen LogP) is -1.20. The first-order chi connectivity index (χ1) is 18.3. The number of hydrogen-bond donors (Lipinski definition) is 4. The number of hydrogen-bond acceptors (Lipinski definition) is 11. The standard InChI is InChI=1S/C27H32N6O6/c1-32(2)21-20(36)16(24(29)39)22(37)26(12-28)23(38)17-19(35)15-13(10-25(17,30)11-27(21,26)31)6-7-14(18(15)34)33-8-4-3-5-9-33/h6-7,16-17,21,34H,3-5,8-11,30-31H2,1-2H3,(H2,29,39)/t16?,17?,21-,25-,26+,27-/m1/s1. The number of aromatic hydroxyl groups is 1. The van der Waals surface area contributed by atoms with E-state index >= 15 is 0 Å². The van der Waals surface area contributed by atoms with E-state index in [4.69, 9.17) is 17.2 Å². The van der Waals surface area contributed by atoms with Gasteiger partial charge in [-0.15, -0.1) is 0 Å². The number of Topliss-reactive ketones (excluding diaryl/α,β-unsaturated/α-hetero) is 4. The van der Waals surface area contributed by atoms with Crippen molar-refractivity contribution in [1.29, 1.82) is 5.26 Å². The van der Waals surface area contributed by atoms with Gasteiger partial charge in [0.15, 0.2) is 34.5 Å². The number of fused-ring (bicyclic) bond motifs is 3. The van der Waals surface area contributed by atoms with Crippen molar-refractivity contribution in [1.82, 2.24) is 4.90 Å². The van der Waals surface area contributed by atoms with Gasteiger partial charge in [-0.2, -0.15) is 5.26 Å². The fraction of sp³-hybridized carbons (Fsp3) is 0.556. The molecule has 6 atom stereocenters. The smallest absolute Gasteiger partial charge is 0.235 e. The maximum Gasteiger partial charge on any atom is 0.235 e. The zero-order valence-corrected chi connectivity index (χ0v) is 21.9. The van der Waals surface area contributed by atoms with E-state index in [2.05, 4.69) is 0 Å². The molecule has 2 unspecified atom stereocenters. The van der Waals surface area contributed by atoms with Crippen LogP contribution >= 0.6 is 0 Å². The normalized spacial score (nSPS) is 36.2. The molecular formula is C27H32N6O6. The molecule has 0 bridgehead atoms. The van der Waals surface area contributed by atoms with E-state index in [9.17, 15) is 34.3 Å². The van der Waals surface area contributed by atoms with Crippen molar-refractivity contribution in [3.8, 4) is 11.8 Å². The number of carbonyl (C=O) groups excluding carboxylic acids is 5. The number of carbonyl (C=O) groups is 5. The first-order valence-electron chi connectivity index (χ1n) is 13.0. The van der Waals surface area contributed by atoms with E-state index in [0.29, 0.717) is 24.3 Å². The molecule has 12 nitrogen and oxygen atoms in total. The van der Waals surface area contributed by atoms with E-state index in [-0.39, 0.29) is 17.7 Å². The highest BCUT2D eigenvalue weighted by molar-refractivity contribution is 6.33. The van der Waals surface area contributed by atoms with Gasteiger partial charge in [0.2, 0.25) is 5.91 Å². The number of phenolic OH excluding ortho intramolecular Hbond substituents is 1. The number of likely N-dealkylation sites (N-methyl/N-ethyl adjacent to an activating group) is 1. The largest absolute Gasteiger partial charge is 0.505 e. The Bertz CT molecular complexity index is 1380. The average molecular weight is 537 g/mol. The molecule has 206 valence electrons. The Hall–Kier alpha value is -3.66. The zero-order valence-electron chi connectivity index (χ0n) is 21.9. The van der Waals surface area contributed by atoms with Gasteiger partial charge in [-0.05, 0) is 57.8 Å². The van der Waals surface area contributed by atoms with Gasteiger partial charge in [0.25, 0.3) is 0 Å². The summed E-state index contributed by atoms with van der Waals surface area (Å²) in [6.07, 6.45) is 2.42. The van der Waals surface area contributed by atoms with Crippen LogP contribution in [0.4, 0.5) is 5.69 Å². The molecule has 0 spiro atoms. The molecule has 4 aliphatic rings. The molecule has 7 N–H and O–H groups in total. The molecule has 1 heterocycles. The third-order valence-corrected chi connectivity index (χ3v) is 9.14. The third kappa shape index (κ3) is 3.30. The molecule has 1 aliphatic heterocycles. The summed E-state index contributed by atoms with van der Waals surface area (Å²) >= 11 is 0. The van der Waals surface area contributed by atoms with Gasteiger partial charge in [0, 0.05) is 18.6 Å². The molecule has 2 saturated carbocycles. The minimum atomic E-state index is -2.74. The second kappa shape index (κ2) is 8.67. The molecule has 1 aromatic rings. The number of ketones is 4. The number of anilines is 1. The summed E-state index contributed by atoms with van der Waals surface area (Å²) in [5.74, 6) is -9.64. The van der Waals surface area contributed by atoms with Gasteiger partial charge < -0.3 is 27.2 Å². The van der Waals surface area contributed by atoms with Crippen LogP contribution in [0.15, 0.2) is 12.1 Å². The molecule has 3 aliphatic carbocycles. The fourth-order valence-corrected chi connectivity index (χ4v) is 7.57. The Kier molecular flexibility index (Phi) is 5.99. The van der Waals surface area contributed by atoms with Crippen LogP contribution in [-0.2, 0) is 25.6 Å². The van der Waals surface area contributed by atoms with Crippen LogP contribution < -0.4 is 22.1 Å². The van der Waals surface area contributed by atoms with E-state index in [1.54, 1.807) is 18.2 Å². The van der Waals surface area contributed by atoms with Crippen molar-refractivity contribution >= 4 is 34.7 Å². The molecule has 0 aromatic heterocycles. The van der Waals surface area contributed by atoms with Crippen LogP contribution in [0.3, 0.4) is 0 Å². The van der Waals surface area contributed by atoms with Gasteiger partial charge in [-0.3, -0.25) is 28.9 Å². The highest BCUT2D eigenvalue weighted by atomic mass is 16.3. The second-order valence-corrected chi connectivity index (χ2v) is 11.6. The molecule has 5 rings (SSSR count). The summed E-state index contributed by atoms with van der Waals surface area (Å²) < 4.78 is 0. The molecule has 1 amide bonds. The van der Waals surface area contributed by atoms with Crippen molar-refractivity contribution in [3.63, 3.8) is 0 Å². The predicted molar refractivity (Wildman–Crippen MR) is 137 cm³/mol. The summed E-state index contributed by atoms with van der Waals surface area (Å²) in [5.41, 5.74) is 13.2. The zero-order chi connectivity index (χ0) is 28.7. The molecular weight excluding hydrogens is 504 g/mol. The number of phenols is 1. The number of rotatable bonds is 3. The van der Waals surface area contributed by atoms with E-state index < -0.39 is 69.8 Å². The lowest BCUT2D eigenvalue weighted by Gasteiger charge is -2.60. The molecule has 3 fully saturated rings.